The fraction of sp³-hybridized carbons (Fsp3) is 0.389. The van der Waals surface area contributed by atoms with Crippen molar-refractivity contribution in [3.63, 3.8) is 0 Å². The monoisotopic (exact) mass is 406 g/mol. The molecule has 0 bridgehead atoms. The number of hydrogen-bond acceptors (Lipinski definition) is 6. The summed E-state index contributed by atoms with van der Waals surface area (Å²) < 4.78 is 24.9. The van der Waals surface area contributed by atoms with Crippen LogP contribution < -0.4 is 5.32 Å². The Hall–Kier alpha value is -1.97. The van der Waals surface area contributed by atoms with E-state index in [-0.39, 0.29) is 18.4 Å². The molecule has 1 atom stereocenters. The van der Waals surface area contributed by atoms with Crippen molar-refractivity contribution >= 4 is 33.4 Å². The van der Waals surface area contributed by atoms with Crippen LogP contribution in [0.5, 0.6) is 0 Å². The quantitative estimate of drug-likeness (QED) is 0.767. The van der Waals surface area contributed by atoms with Crippen LogP contribution in [-0.4, -0.2) is 47.9 Å². The maximum Gasteiger partial charge on any atom is 0.228 e. The summed E-state index contributed by atoms with van der Waals surface area (Å²) in [6.45, 7) is 2.65. The number of aromatic nitrogens is 2. The van der Waals surface area contributed by atoms with Gasteiger partial charge in [0, 0.05) is 36.1 Å². The van der Waals surface area contributed by atoms with Gasteiger partial charge < -0.3 is 5.32 Å². The van der Waals surface area contributed by atoms with Gasteiger partial charge in [0.2, 0.25) is 15.9 Å². The van der Waals surface area contributed by atoms with Crippen molar-refractivity contribution in [2.24, 2.45) is 5.92 Å². The number of hydrogen-bond donors (Lipinski definition) is 1. The van der Waals surface area contributed by atoms with Gasteiger partial charge in [-0.25, -0.2) is 22.7 Å². The van der Waals surface area contributed by atoms with E-state index in [0.29, 0.717) is 24.5 Å². The fourth-order valence-electron chi connectivity index (χ4n) is 2.98. The molecule has 1 aliphatic heterocycles. The molecule has 1 aromatic carbocycles. The second-order valence-electron chi connectivity index (χ2n) is 6.56. The van der Waals surface area contributed by atoms with Crippen LogP contribution >= 0.6 is 11.8 Å². The first kappa shape index (κ1) is 19.8. The van der Waals surface area contributed by atoms with E-state index in [1.807, 2.05) is 25.1 Å². The summed E-state index contributed by atoms with van der Waals surface area (Å²) in [7, 11) is -3.27. The lowest BCUT2D eigenvalue weighted by Crippen LogP contribution is -2.43. The number of sulfonamides is 1. The van der Waals surface area contributed by atoms with Gasteiger partial charge in [-0.05, 0) is 61.4 Å². The summed E-state index contributed by atoms with van der Waals surface area (Å²) in [6, 6.07) is 7.51. The van der Waals surface area contributed by atoms with E-state index >= 15 is 0 Å². The zero-order valence-electron chi connectivity index (χ0n) is 15.3. The van der Waals surface area contributed by atoms with Crippen LogP contribution in [0.15, 0.2) is 46.7 Å². The lowest BCUT2D eigenvalue weighted by Gasteiger charge is -2.30. The van der Waals surface area contributed by atoms with Gasteiger partial charge in [0.1, 0.15) is 0 Å². The van der Waals surface area contributed by atoms with Crippen molar-refractivity contribution in [2.45, 2.75) is 29.8 Å². The van der Waals surface area contributed by atoms with Crippen molar-refractivity contribution in [1.29, 1.82) is 0 Å². The lowest BCUT2D eigenvalue weighted by atomic mass is 9.98. The second kappa shape index (κ2) is 8.37. The molecule has 3 rings (SSSR count). The molecule has 1 aliphatic rings. The minimum absolute atomic E-state index is 0.141. The molecule has 0 spiro atoms. The molecule has 1 unspecified atom stereocenters. The van der Waals surface area contributed by atoms with E-state index < -0.39 is 10.0 Å². The number of anilines is 1. The highest BCUT2D eigenvalue weighted by molar-refractivity contribution is 7.99. The maximum absolute atomic E-state index is 12.6. The molecule has 27 heavy (non-hydrogen) atoms. The highest BCUT2D eigenvalue weighted by Crippen LogP contribution is 2.28. The normalized spacial score (nSPS) is 18.2. The molecule has 0 radical (unpaired) electrons. The molecule has 9 heteroatoms. The average Bonchev–Trinajstić information content (AvgIpc) is 2.64. The molecule has 0 aliphatic carbocycles. The first-order valence-electron chi connectivity index (χ1n) is 8.64. The number of amides is 1. The zero-order chi connectivity index (χ0) is 19.4. The van der Waals surface area contributed by atoms with Crippen molar-refractivity contribution < 1.29 is 13.2 Å². The highest BCUT2D eigenvalue weighted by Gasteiger charge is 2.30. The summed E-state index contributed by atoms with van der Waals surface area (Å²) in [5, 5.41) is 3.61. The van der Waals surface area contributed by atoms with Crippen LogP contribution in [0.4, 0.5) is 5.69 Å². The summed E-state index contributed by atoms with van der Waals surface area (Å²) in [4.78, 5) is 22.0. The van der Waals surface area contributed by atoms with Gasteiger partial charge in [-0.15, -0.1) is 0 Å². The summed E-state index contributed by atoms with van der Waals surface area (Å²) in [5.74, 6) is -0.474. The average molecular weight is 407 g/mol. The summed E-state index contributed by atoms with van der Waals surface area (Å²) in [5.41, 5.74) is 1.66. The van der Waals surface area contributed by atoms with Crippen molar-refractivity contribution in [3.05, 3.63) is 42.2 Å². The Balaban J connectivity index is 1.66. The van der Waals surface area contributed by atoms with Gasteiger partial charge in [-0.1, -0.05) is 0 Å². The third kappa shape index (κ3) is 5.27. The molecule has 0 saturated carbocycles. The number of nitrogens with zero attached hydrogens (tertiary/aromatic N) is 3. The van der Waals surface area contributed by atoms with Crippen LogP contribution in [0.1, 0.15) is 18.4 Å². The van der Waals surface area contributed by atoms with Crippen molar-refractivity contribution in [1.82, 2.24) is 14.3 Å². The van der Waals surface area contributed by atoms with Crippen LogP contribution in [-0.2, 0) is 14.8 Å². The van der Waals surface area contributed by atoms with Crippen molar-refractivity contribution in [2.75, 3.05) is 24.7 Å². The molecule has 1 fully saturated rings. The van der Waals surface area contributed by atoms with E-state index in [2.05, 4.69) is 15.3 Å². The second-order valence-corrected chi connectivity index (χ2v) is 9.58. The lowest BCUT2D eigenvalue weighted by molar-refractivity contribution is -0.120. The number of aryl methyl sites for hydroxylation is 1. The highest BCUT2D eigenvalue weighted by atomic mass is 32.2. The molecule has 2 aromatic rings. The molecule has 144 valence electrons. The Kier molecular flexibility index (Phi) is 6.13. The van der Waals surface area contributed by atoms with Gasteiger partial charge in [-0.2, -0.15) is 0 Å². The maximum atomic E-state index is 12.6. The molecular weight excluding hydrogens is 384 g/mol. The predicted octanol–water partition coefficient (Wildman–Crippen LogP) is 2.55. The molecule has 7 nitrogen and oxygen atoms in total. The largest absolute Gasteiger partial charge is 0.326 e. The Morgan fingerprint density at radius 1 is 1.30 bits per heavy atom. The minimum Gasteiger partial charge on any atom is -0.326 e. The molecule has 1 N–H and O–H groups in total. The van der Waals surface area contributed by atoms with Crippen LogP contribution in [0, 0.1) is 12.8 Å². The number of carbonyl (C=O) groups is 1. The zero-order valence-corrected chi connectivity index (χ0v) is 16.9. The van der Waals surface area contributed by atoms with E-state index in [9.17, 15) is 13.2 Å². The Labute approximate surface area is 163 Å². The number of piperidine rings is 1. The number of carbonyl (C=O) groups excluding carboxylic acids is 1. The molecular formula is C18H22N4O3S2. The van der Waals surface area contributed by atoms with Crippen molar-refractivity contribution in [3.8, 4) is 0 Å². The first-order valence-corrected chi connectivity index (χ1v) is 11.3. The Morgan fingerprint density at radius 3 is 2.70 bits per heavy atom. The van der Waals surface area contributed by atoms with E-state index in [1.54, 1.807) is 18.5 Å². The molecule has 1 saturated heterocycles. The van der Waals surface area contributed by atoms with E-state index in [0.717, 1.165) is 16.1 Å². The smallest absolute Gasteiger partial charge is 0.228 e. The van der Waals surface area contributed by atoms with Gasteiger partial charge in [-0.3, -0.25) is 4.79 Å². The number of nitrogens with one attached hydrogen (secondary N) is 1. The van der Waals surface area contributed by atoms with Crippen LogP contribution in [0.3, 0.4) is 0 Å². The molecule has 1 aromatic heterocycles. The summed E-state index contributed by atoms with van der Waals surface area (Å²) in [6.07, 6.45) is 5.96. The molecule has 1 amide bonds. The minimum atomic E-state index is -3.27. The SMILES string of the molecule is Cc1cc(Sc2ncccn2)ccc1NC(=O)C1CCCN(S(C)(=O)=O)C1. The third-order valence-corrected chi connectivity index (χ3v) is 6.58. The van der Waals surface area contributed by atoms with Gasteiger partial charge in [0.05, 0.1) is 12.2 Å². The van der Waals surface area contributed by atoms with Crippen LogP contribution in [0.25, 0.3) is 0 Å². The Morgan fingerprint density at radius 2 is 2.04 bits per heavy atom. The third-order valence-electron chi connectivity index (χ3n) is 4.43. The number of benzene rings is 1. The van der Waals surface area contributed by atoms with Gasteiger partial charge in [0.25, 0.3) is 0 Å². The first-order chi connectivity index (χ1) is 12.8. The molecule has 2 heterocycles. The summed E-state index contributed by atoms with van der Waals surface area (Å²) >= 11 is 1.45. The van der Waals surface area contributed by atoms with E-state index in [1.165, 1.54) is 22.3 Å². The predicted molar refractivity (Wildman–Crippen MR) is 105 cm³/mol. The number of rotatable bonds is 5. The fourth-order valence-corrected chi connectivity index (χ4v) is 4.70. The van der Waals surface area contributed by atoms with E-state index in [4.69, 9.17) is 0 Å². The topological polar surface area (TPSA) is 92.3 Å². The van der Waals surface area contributed by atoms with Gasteiger partial charge in [0.15, 0.2) is 5.16 Å². The van der Waals surface area contributed by atoms with Crippen LogP contribution in [0.2, 0.25) is 0 Å². The van der Waals surface area contributed by atoms with Gasteiger partial charge >= 0.3 is 0 Å². The standard InChI is InChI=1S/C18H22N4O3S2/c1-13-11-15(26-18-19-8-4-9-20-18)6-7-16(13)21-17(23)14-5-3-10-22(12-14)27(2,24)25/h4,6-9,11,14H,3,5,10,12H2,1-2H3,(H,21,23). The Bertz CT molecular complexity index is 919.